The topological polar surface area (TPSA) is 79.2 Å². The molecule has 0 aliphatic carbocycles. The first-order chi connectivity index (χ1) is 15.5. The second-order valence-electron chi connectivity index (χ2n) is 8.25. The monoisotopic (exact) mass is 536 g/mol. The highest BCUT2D eigenvalue weighted by Gasteiger charge is 2.10. The zero-order valence-electron chi connectivity index (χ0n) is 19.4. The van der Waals surface area contributed by atoms with Gasteiger partial charge in [0, 0.05) is 53.6 Å². The number of hydrogen-bond donors (Lipinski definition) is 3. The van der Waals surface area contributed by atoms with Crippen molar-refractivity contribution in [1.82, 2.24) is 14.9 Å². The molecule has 0 bridgehead atoms. The Morgan fingerprint density at radius 2 is 1.73 bits per heavy atom. The molecule has 3 aromatic rings. The molecule has 3 rings (SSSR count). The van der Waals surface area contributed by atoms with Crippen molar-refractivity contribution in [3.05, 3.63) is 62.6 Å². The number of hydrogen-bond acceptors (Lipinski definition) is 5. The fourth-order valence-electron chi connectivity index (χ4n) is 3.86. The number of fused-ring (bicyclic) bond motifs is 1. The molecule has 0 radical (unpaired) electrons. The second-order valence-corrected chi connectivity index (χ2v) is 9.16. The number of nitrogens with zero attached hydrogens (tertiary/aromatic N) is 2. The van der Waals surface area contributed by atoms with Crippen molar-refractivity contribution >= 4 is 44.9 Å². The van der Waals surface area contributed by atoms with Crippen molar-refractivity contribution in [2.45, 2.75) is 52.0 Å². The lowest BCUT2D eigenvalue weighted by molar-refractivity contribution is 0.444. The highest BCUT2D eigenvalue weighted by Crippen LogP contribution is 2.24. The van der Waals surface area contributed by atoms with Gasteiger partial charge >= 0.3 is 0 Å². The molecular weight excluding hydrogens is 504 g/mol. The van der Waals surface area contributed by atoms with E-state index in [1.54, 1.807) is 0 Å². The van der Waals surface area contributed by atoms with Crippen molar-refractivity contribution in [1.29, 1.82) is 0 Å². The highest BCUT2D eigenvalue weighted by molar-refractivity contribution is 9.10. The van der Waals surface area contributed by atoms with Gasteiger partial charge in [-0.2, -0.15) is 0 Å². The maximum absolute atomic E-state index is 11.7. The summed E-state index contributed by atoms with van der Waals surface area (Å²) >= 11 is 3.50. The molecule has 0 aliphatic rings. The summed E-state index contributed by atoms with van der Waals surface area (Å²) in [5.41, 5.74) is 3.34. The van der Waals surface area contributed by atoms with Crippen LogP contribution in [0.5, 0.6) is 5.75 Å². The van der Waals surface area contributed by atoms with E-state index in [2.05, 4.69) is 43.7 Å². The van der Waals surface area contributed by atoms with Gasteiger partial charge in [-0.05, 0) is 50.6 Å². The Kier molecular flexibility index (Phi) is 11.2. The Morgan fingerprint density at radius 1 is 1.03 bits per heavy atom. The van der Waals surface area contributed by atoms with E-state index in [1.165, 1.54) is 31.7 Å². The van der Waals surface area contributed by atoms with Gasteiger partial charge in [0.05, 0.1) is 11.2 Å². The smallest absolute Gasteiger partial charge is 0.223 e. The largest absolute Gasteiger partial charge is 0.503 e. The second kappa shape index (κ2) is 13.6. The fourth-order valence-corrected chi connectivity index (χ4v) is 4.21. The van der Waals surface area contributed by atoms with Gasteiger partial charge < -0.3 is 20.3 Å². The van der Waals surface area contributed by atoms with Crippen LogP contribution in [0.25, 0.3) is 10.9 Å². The van der Waals surface area contributed by atoms with Crippen molar-refractivity contribution < 1.29 is 5.11 Å². The van der Waals surface area contributed by atoms with E-state index >= 15 is 0 Å². The Balaban J connectivity index is 0.00000385. The average molecular weight is 538 g/mol. The van der Waals surface area contributed by atoms with E-state index in [9.17, 15) is 9.90 Å². The van der Waals surface area contributed by atoms with Gasteiger partial charge in [0.1, 0.15) is 0 Å². The third-order valence-corrected chi connectivity index (χ3v) is 6.37. The van der Waals surface area contributed by atoms with Crippen LogP contribution in [0.4, 0.5) is 5.69 Å². The van der Waals surface area contributed by atoms with Crippen molar-refractivity contribution in [3.63, 3.8) is 0 Å². The predicted molar refractivity (Wildman–Crippen MR) is 143 cm³/mol. The first-order valence-corrected chi connectivity index (χ1v) is 12.1. The summed E-state index contributed by atoms with van der Waals surface area (Å²) in [7, 11) is 1.87. The number of benzene rings is 1. The lowest BCUT2D eigenvalue weighted by Crippen LogP contribution is -2.21. The van der Waals surface area contributed by atoms with E-state index in [1.807, 2.05) is 36.9 Å². The highest BCUT2D eigenvalue weighted by atomic mass is 79.9. The summed E-state index contributed by atoms with van der Waals surface area (Å²) < 4.78 is 2.91. The number of nitrogens with one attached hydrogen (secondary N) is 2. The molecular formula is C25H34BrClN4O2. The normalized spacial score (nSPS) is 10.9. The minimum atomic E-state index is -0.308. The molecule has 0 fully saturated rings. The SMILES string of the molecule is Cc1cc(=O)c(O)c(CNCCCCCCCCNc2ccnc3cc(Br)ccc23)n1C.Cl. The summed E-state index contributed by atoms with van der Waals surface area (Å²) in [5.74, 6) is -0.146. The Labute approximate surface area is 210 Å². The molecule has 180 valence electrons. The first-order valence-electron chi connectivity index (χ1n) is 11.3. The van der Waals surface area contributed by atoms with Crippen LogP contribution in [0.2, 0.25) is 0 Å². The van der Waals surface area contributed by atoms with Crippen LogP contribution >= 0.6 is 28.3 Å². The molecule has 0 atom stereocenters. The Hall–Kier alpha value is -2.09. The Morgan fingerprint density at radius 3 is 2.48 bits per heavy atom. The summed E-state index contributed by atoms with van der Waals surface area (Å²) in [5, 5.41) is 18.0. The van der Waals surface area contributed by atoms with Gasteiger partial charge in [-0.1, -0.05) is 41.6 Å². The molecule has 2 aromatic heterocycles. The Bertz CT molecular complexity index is 1100. The third kappa shape index (κ3) is 7.73. The van der Waals surface area contributed by atoms with Crippen LogP contribution in [0.1, 0.15) is 49.9 Å². The first kappa shape index (κ1) is 27.2. The molecule has 0 aliphatic heterocycles. The minimum absolute atomic E-state index is 0. The number of aromatic nitrogens is 2. The molecule has 0 spiro atoms. The molecule has 6 nitrogen and oxygen atoms in total. The van der Waals surface area contributed by atoms with Gasteiger partial charge in [0.25, 0.3) is 0 Å². The number of anilines is 1. The lowest BCUT2D eigenvalue weighted by atomic mass is 10.1. The van der Waals surface area contributed by atoms with Gasteiger partial charge in [-0.3, -0.25) is 9.78 Å². The number of aromatic hydroxyl groups is 1. The molecule has 0 unspecified atom stereocenters. The quantitative estimate of drug-likeness (QED) is 0.259. The van der Waals surface area contributed by atoms with Crippen molar-refractivity contribution in [2.24, 2.45) is 7.05 Å². The molecule has 8 heteroatoms. The standard InChI is InChI=1S/C25H33BrN4O2.ClH/c1-18-15-24(31)25(32)23(30(18)2)17-27-12-7-5-3-4-6-8-13-28-21-11-14-29-22-16-19(26)9-10-20(21)22;/h9-11,14-16,27,32H,3-8,12-13,17H2,1-2H3,(H,28,29);1H. The van der Waals surface area contributed by atoms with E-state index in [4.69, 9.17) is 0 Å². The van der Waals surface area contributed by atoms with Crippen LogP contribution in [0, 0.1) is 6.92 Å². The minimum Gasteiger partial charge on any atom is -0.503 e. The van der Waals surface area contributed by atoms with Crippen LogP contribution in [-0.4, -0.2) is 27.7 Å². The van der Waals surface area contributed by atoms with Crippen LogP contribution in [-0.2, 0) is 13.6 Å². The van der Waals surface area contributed by atoms with Crippen LogP contribution in [0.3, 0.4) is 0 Å². The summed E-state index contributed by atoms with van der Waals surface area (Å²) in [6.07, 6.45) is 8.96. The predicted octanol–water partition coefficient (Wildman–Crippen LogP) is 5.67. The fraction of sp³-hybridized carbons (Fsp3) is 0.440. The molecule has 0 amide bonds. The molecule has 0 saturated heterocycles. The van der Waals surface area contributed by atoms with E-state index in [0.29, 0.717) is 12.2 Å². The summed E-state index contributed by atoms with van der Waals surface area (Å²) in [6.45, 7) is 4.23. The zero-order chi connectivity index (χ0) is 22.9. The van der Waals surface area contributed by atoms with Crippen LogP contribution in [0.15, 0.2) is 45.8 Å². The molecule has 0 saturated carbocycles. The zero-order valence-corrected chi connectivity index (χ0v) is 21.8. The average Bonchev–Trinajstić information content (AvgIpc) is 2.77. The maximum Gasteiger partial charge on any atom is 0.223 e. The number of rotatable bonds is 12. The maximum atomic E-state index is 11.7. The number of unbranched alkanes of at least 4 members (excludes halogenated alkanes) is 5. The summed E-state index contributed by atoms with van der Waals surface area (Å²) in [6, 6.07) is 9.70. The number of pyridine rings is 2. The molecule has 1 aromatic carbocycles. The lowest BCUT2D eigenvalue weighted by Gasteiger charge is -2.14. The van der Waals surface area contributed by atoms with E-state index in [-0.39, 0.29) is 23.6 Å². The molecule has 2 heterocycles. The van der Waals surface area contributed by atoms with Crippen LogP contribution < -0.4 is 16.1 Å². The van der Waals surface area contributed by atoms with Crippen molar-refractivity contribution in [2.75, 3.05) is 18.4 Å². The van der Waals surface area contributed by atoms with E-state index < -0.39 is 0 Å². The summed E-state index contributed by atoms with van der Waals surface area (Å²) in [4.78, 5) is 16.2. The number of aryl methyl sites for hydroxylation is 1. The van der Waals surface area contributed by atoms with Gasteiger partial charge in [-0.15, -0.1) is 12.4 Å². The molecule has 3 N–H and O–H groups in total. The third-order valence-electron chi connectivity index (χ3n) is 5.87. The van der Waals surface area contributed by atoms with Gasteiger partial charge in [0.15, 0.2) is 5.75 Å². The van der Waals surface area contributed by atoms with Gasteiger partial charge in [0.2, 0.25) is 5.43 Å². The number of halogens is 2. The van der Waals surface area contributed by atoms with Gasteiger partial charge in [-0.25, -0.2) is 0 Å². The molecule has 33 heavy (non-hydrogen) atoms. The van der Waals surface area contributed by atoms with Crippen molar-refractivity contribution in [3.8, 4) is 5.75 Å². The van der Waals surface area contributed by atoms with E-state index in [0.717, 1.165) is 52.7 Å².